The predicted molar refractivity (Wildman–Crippen MR) is 48.7 cm³/mol. The molecule has 3 heteroatoms. The van der Waals surface area contributed by atoms with E-state index in [1.807, 2.05) is 12.1 Å². The summed E-state index contributed by atoms with van der Waals surface area (Å²) in [5.74, 6) is 0.682. The highest BCUT2D eigenvalue weighted by Gasteiger charge is 2.47. The van der Waals surface area contributed by atoms with Gasteiger partial charge in [-0.05, 0) is 25.0 Å². The van der Waals surface area contributed by atoms with Crippen molar-refractivity contribution in [2.75, 3.05) is 14.2 Å². The molecule has 0 N–H and O–H groups in total. The normalized spacial score (nSPS) is 18.3. The lowest BCUT2D eigenvalue weighted by Crippen LogP contribution is -2.11. The number of pyridine rings is 1. The highest BCUT2D eigenvalue weighted by molar-refractivity contribution is 5.35. The van der Waals surface area contributed by atoms with E-state index in [1.54, 1.807) is 20.4 Å². The molecule has 1 saturated carbocycles. The second kappa shape index (κ2) is 3.00. The van der Waals surface area contributed by atoms with Gasteiger partial charge >= 0.3 is 0 Å². The molecule has 2 rings (SSSR count). The first-order valence-corrected chi connectivity index (χ1v) is 4.37. The van der Waals surface area contributed by atoms with Gasteiger partial charge in [-0.2, -0.15) is 0 Å². The van der Waals surface area contributed by atoms with Gasteiger partial charge in [0.25, 0.3) is 0 Å². The molecule has 0 unspecified atom stereocenters. The van der Waals surface area contributed by atoms with E-state index in [-0.39, 0.29) is 5.60 Å². The van der Waals surface area contributed by atoms with E-state index in [9.17, 15) is 0 Å². The Kier molecular flexibility index (Phi) is 1.96. The van der Waals surface area contributed by atoms with Gasteiger partial charge in [-0.3, -0.25) is 0 Å². The van der Waals surface area contributed by atoms with Gasteiger partial charge in [-0.1, -0.05) is 0 Å². The zero-order valence-corrected chi connectivity index (χ0v) is 7.91. The summed E-state index contributed by atoms with van der Waals surface area (Å²) >= 11 is 0. The van der Waals surface area contributed by atoms with Crippen LogP contribution in [-0.2, 0) is 10.3 Å². The Morgan fingerprint density at radius 1 is 1.38 bits per heavy atom. The fourth-order valence-electron chi connectivity index (χ4n) is 1.60. The van der Waals surface area contributed by atoms with E-state index < -0.39 is 0 Å². The average Bonchev–Trinajstić information content (AvgIpc) is 2.98. The van der Waals surface area contributed by atoms with Crippen molar-refractivity contribution in [2.24, 2.45) is 0 Å². The van der Waals surface area contributed by atoms with E-state index in [0.717, 1.165) is 18.4 Å². The smallest absolute Gasteiger partial charge is 0.219 e. The second-order valence-corrected chi connectivity index (χ2v) is 3.26. The van der Waals surface area contributed by atoms with Gasteiger partial charge in [-0.25, -0.2) is 4.98 Å². The Labute approximate surface area is 77.7 Å². The van der Waals surface area contributed by atoms with Gasteiger partial charge in [0.1, 0.15) is 0 Å². The Hall–Kier alpha value is -1.09. The van der Waals surface area contributed by atoms with Crippen LogP contribution in [0.1, 0.15) is 18.4 Å². The van der Waals surface area contributed by atoms with Crippen molar-refractivity contribution in [1.29, 1.82) is 0 Å². The summed E-state index contributed by atoms with van der Waals surface area (Å²) in [5, 5.41) is 0. The van der Waals surface area contributed by atoms with E-state index in [4.69, 9.17) is 9.47 Å². The molecule has 1 aromatic heterocycles. The van der Waals surface area contributed by atoms with Crippen molar-refractivity contribution in [3.8, 4) is 5.88 Å². The van der Waals surface area contributed by atoms with Crippen molar-refractivity contribution in [3.63, 3.8) is 0 Å². The van der Waals surface area contributed by atoms with Crippen LogP contribution in [0.25, 0.3) is 0 Å². The number of hydrogen-bond acceptors (Lipinski definition) is 3. The summed E-state index contributed by atoms with van der Waals surface area (Å²) in [6.45, 7) is 0. The van der Waals surface area contributed by atoms with Crippen molar-refractivity contribution in [2.45, 2.75) is 18.4 Å². The number of methoxy groups -OCH3 is 2. The first kappa shape index (κ1) is 8.51. The molecule has 1 aromatic rings. The lowest BCUT2D eigenvalue weighted by atomic mass is 10.1. The minimum atomic E-state index is -0.112. The SMILES string of the molecule is COc1ncccc1C1(OC)CC1. The highest BCUT2D eigenvalue weighted by atomic mass is 16.5. The highest BCUT2D eigenvalue weighted by Crippen LogP contribution is 2.50. The monoisotopic (exact) mass is 179 g/mol. The largest absolute Gasteiger partial charge is 0.481 e. The van der Waals surface area contributed by atoms with Crippen LogP contribution in [0, 0.1) is 0 Å². The van der Waals surface area contributed by atoms with Crippen LogP contribution in [0.5, 0.6) is 5.88 Å². The molecule has 13 heavy (non-hydrogen) atoms. The van der Waals surface area contributed by atoms with Crippen LogP contribution >= 0.6 is 0 Å². The van der Waals surface area contributed by atoms with E-state index in [1.165, 1.54) is 0 Å². The van der Waals surface area contributed by atoms with Crippen molar-refractivity contribution in [1.82, 2.24) is 4.98 Å². The van der Waals surface area contributed by atoms with Crippen LogP contribution in [0.2, 0.25) is 0 Å². The molecule has 0 saturated heterocycles. The molecule has 1 fully saturated rings. The summed E-state index contributed by atoms with van der Waals surface area (Å²) in [6, 6.07) is 3.93. The summed E-state index contributed by atoms with van der Waals surface area (Å²) in [4.78, 5) is 4.15. The van der Waals surface area contributed by atoms with Crippen LogP contribution in [0.4, 0.5) is 0 Å². The van der Waals surface area contributed by atoms with E-state index in [2.05, 4.69) is 4.98 Å². The summed E-state index contributed by atoms with van der Waals surface area (Å²) in [7, 11) is 3.37. The maximum absolute atomic E-state index is 5.46. The van der Waals surface area contributed by atoms with Gasteiger partial charge in [0, 0.05) is 18.9 Å². The summed E-state index contributed by atoms with van der Waals surface area (Å²) in [6.07, 6.45) is 3.85. The quantitative estimate of drug-likeness (QED) is 0.708. The Balaban J connectivity index is 2.39. The van der Waals surface area contributed by atoms with Crippen LogP contribution < -0.4 is 4.74 Å². The topological polar surface area (TPSA) is 31.4 Å². The lowest BCUT2D eigenvalue weighted by molar-refractivity contribution is 0.0760. The zero-order chi connectivity index (χ0) is 9.31. The van der Waals surface area contributed by atoms with E-state index >= 15 is 0 Å². The number of nitrogens with zero attached hydrogens (tertiary/aromatic N) is 1. The molecule has 70 valence electrons. The molecular formula is C10H13NO2. The van der Waals surface area contributed by atoms with Gasteiger partial charge in [0.15, 0.2) is 0 Å². The molecule has 0 bridgehead atoms. The third-order valence-corrected chi connectivity index (χ3v) is 2.55. The molecule has 1 heterocycles. The second-order valence-electron chi connectivity index (χ2n) is 3.26. The fourth-order valence-corrected chi connectivity index (χ4v) is 1.60. The maximum Gasteiger partial charge on any atom is 0.219 e. The third-order valence-electron chi connectivity index (χ3n) is 2.55. The minimum absolute atomic E-state index is 0.112. The fraction of sp³-hybridized carbons (Fsp3) is 0.500. The number of hydrogen-bond donors (Lipinski definition) is 0. The van der Waals surface area contributed by atoms with Gasteiger partial charge in [0.2, 0.25) is 5.88 Å². The summed E-state index contributed by atoms with van der Waals surface area (Å²) < 4.78 is 10.6. The number of rotatable bonds is 3. The Morgan fingerprint density at radius 2 is 2.15 bits per heavy atom. The Morgan fingerprint density at radius 3 is 2.69 bits per heavy atom. The number of ether oxygens (including phenoxy) is 2. The minimum Gasteiger partial charge on any atom is -0.481 e. The average molecular weight is 179 g/mol. The summed E-state index contributed by atoms with van der Waals surface area (Å²) in [5.41, 5.74) is 0.958. The van der Waals surface area contributed by atoms with Gasteiger partial charge in [-0.15, -0.1) is 0 Å². The molecule has 0 radical (unpaired) electrons. The van der Waals surface area contributed by atoms with Crippen LogP contribution in [-0.4, -0.2) is 19.2 Å². The van der Waals surface area contributed by atoms with Gasteiger partial charge in [0.05, 0.1) is 12.7 Å². The van der Waals surface area contributed by atoms with Crippen molar-refractivity contribution in [3.05, 3.63) is 23.9 Å². The molecule has 0 atom stereocenters. The molecule has 0 aliphatic heterocycles. The maximum atomic E-state index is 5.46. The van der Waals surface area contributed by atoms with Crippen LogP contribution in [0.15, 0.2) is 18.3 Å². The molecule has 0 amide bonds. The zero-order valence-electron chi connectivity index (χ0n) is 7.91. The molecular weight excluding hydrogens is 166 g/mol. The molecule has 1 aliphatic carbocycles. The first-order chi connectivity index (χ1) is 6.32. The predicted octanol–water partition coefficient (Wildman–Crippen LogP) is 1.73. The Bertz CT molecular complexity index is 308. The lowest BCUT2D eigenvalue weighted by Gasteiger charge is -2.15. The van der Waals surface area contributed by atoms with E-state index in [0.29, 0.717) is 5.88 Å². The molecule has 0 aromatic carbocycles. The van der Waals surface area contributed by atoms with Crippen molar-refractivity contribution < 1.29 is 9.47 Å². The van der Waals surface area contributed by atoms with Crippen LogP contribution in [0.3, 0.4) is 0 Å². The molecule has 0 spiro atoms. The molecule has 1 aliphatic rings. The number of aromatic nitrogens is 1. The standard InChI is InChI=1S/C10H13NO2/c1-12-9-8(4-3-7-11-9)10(13-2)5-6-10/h3-4,7H,5-6H2,1-2H3. The third kappa shape index (κ3) is 1.29. The van der Waals surface area contributed by atoms with Gasteiger partial charge < -0.3 is 9.47 Å². The first-order valence-electron chi connectivity index (χ1n) is 4.37. The molecule has 3 nitrogen and oxygen atoms in total. The van der Waals surface area contributed by atoms with Crippen molar-refractivity contribution >= 4 is 0 Å².